The molecule has 0 spiro atoms. The van der Waals surface area contributed by atoms with Crippen molar-refractivity contribution in [3.8, 4) is 5.75 Å². The zero-order valence-corrected chi connectivity index (χ0v) is 12.1. The minimum absolute atomic E-state index is 0.119. The van der Waals surface area contributed by atoms with Gasteiger partial charge in [-0.2, -0.15) is 0 Å². The van der Waals surface area contributed by atoms with E-state index >= 15 is 0 Å². The fourth-order valence-electron chi connectivity index (χ4n) is 1.25. The number of halogens is 2. The Morgan fingerprint density at radius 1 is 1.41 bits per heavy atom. The lowest BCUT2D eigenvalue weighted by atomic mass is 10.0. The van der Waals surface area contributed by atoms with Crippen LogP contribution in [0.3, 0.4) is 0 Å². The molecule has 0 aliphatic heterocycles. The van der Waals surface area contributed by atoms with Gasteiger partial charge in [0.25, 0.3) is 0 Å². The normalized spacial score (nSPS) is 11.6. The molecule has 0 saturated carbocycles. The summed E-state index contributed by atoms with van der Waals surface area (Å²) in [5.74, 6) is 0.256. The maximum absolute atomic E-state index is 13.2. The van der Waals surface area contributed by atoms with Crippen molar-refractivity contribution in [1.82, 2.24) is 5.32 Å². The van der Waals surface area contributed by atoms with Crippen LogP contribution < -0.4 is 10.1 Å². The second-order valence-corrected chi connectivity index (χ2v) is 5.44. The van der Waals surface area contributed by atoms with Crippen LogP contribution in [0.5, 0.6) is 5.75 Å². The molecule has 1 rings (SSSR count). The first-order chi connectivity index (χ1) is 7.94. The van der Waals surface area contributed by atoms with Crippen LogP contribution in [0.15, 0.2) is 22.7 Å². The summed E-state index contributed by atoms with van der Waals surface area (Å²) in [7, 11) is 0. The van der Waals surface area contributed by atoms with Crippen molar-refractivity contribution in [2.24, 2.45) is 0 Å². The maximum Gasteiger partial charge on any atom is 0.141 e. The van der Waals surface area contributed by atoms with Gasteiger partial charge in [0, 0.05) is 18.2 Å². The van der Waals surface area contributed by atoms with E-state index in [1.54, 1.807) is 12.1 Å². The number of nitrogens with one attached hydrogen (secondary N) is 1. The van der Waals surface area contributed by atoms with Crippen LogP contribution >= 0.6 is 15.9 Å². The molecule has 0 aliphatic rings. The topological polar surface area (TPSA) is 21.3 Å². The summed E-state index contributed by atoms with van der Waals surface area (Å²) in [4.78, 5) is 0. The monoisotopic (exact) mass is 303 g/mol. The van der Waals surface area contributed by atoms with Gasteiger partial charge in [-0.25, -0.2) is 4.39 Å². The van der Waals surface area contributed by atoms with Gasteiger partial charge in [-0.15, -0.1) is 0 Å². The van der Waals surface area contributed by atoms with E-state index in [0.717, 1.165) is 13.0 Å². The van der Waals surface area contributed by atoms with E-state index in [0.29, 0.717) is 16.8 Å². The van der Waals surface area contributed by atoms with E-state index in [9.17, 15) is 4.39 Å². The fraction of sp³-hybridized carbons (Fsp3) is 0.538. The van der Waals surface area contributed by atoms with Gasteiger partial charge in [-0.1, -0.05) is 6.92 Å². The Balaban J connectivity index is 2.34. The van der Waals surface area contributed by atoms with Crippen molar-refractivity contribution in [3.05, 3.63) is 28.5 Å². The van der Waals surface area contributed by atoms with Crippen LogP contribution in [0.4, 0.5) is 4.39 Å². The number of ether oxygens (including phenoxy) is 1. The molecule has 1 aromatic carbocycles. The van der Waals surface area contributed by atoms with Gasteiger partial charge in [0.05, 0.1) is 4.47 Å². The lowest BCUT2D eigenvalue weighted by molar-refractivity contribution is 0.280. The lowest BCUT2D eigenvalue weighted by Crippen LogP contribution is -2.40. The predicted octanol–water partition coefficient (Wildman–Crippen LogP) is 3.75. The van der Waals surface area contributed by atoms with Crippen LogP contribution in [0.2, 0.25) is 0 Å². The molecule has 0 heterocycles. The molecule has 2 nitrogen and oxygen atoms in total. The molecule has 0 aliphatic carbocycles. The highest BCUT2D eigenvalue weighted by atomic mass is 79.9. The van der Waals surface area contributed by atoms with Gasteiger partial charge >= 0.3 is 0 Å². The highest BCUT2D eigenvalue weighted by Gasteiger charge is 2.12. The van der Waals surface area contributed by atoms with E-state index in [1.165, 1.54) is 6.07 Å². The largest absolute Gasteiger partial charge is 0.492 e. The zero-order chi connectivity index (χ0) is 12.9. The molecule has 0 aromatic heterocycles. The van der Waals surface area contributed by atoms with Crippen LogP contribution in [-0.2, 0) is 0 Å². The molecule has 0 amide bonds. The van der Waals surface area contributed by atoms with Crippen molar-refractivity contribution < 1.29 is 9.13 Å². The predicted molar refractivity (Wildman–Crippen MR) is 72.0 cm³/mol. The minimum Gasteiger partial charge on any atom is -0.492 e. The van der Waals surface area contributed by atoms with Gasteiger partial charge < -0.3 is 10.1 Å². The van der Waals surface area contributed by atoms with E-state index in [2.05, 4.69) is 42.0 Å². The molecule has 0 fully saturated rings. The van der Waals surface area contributed by atoms with E-state index in [1.807, 2.05) is 0 Å². The zero-order valence-electron chi connectivity index (χ0n) is 10.5. The Morgan fingerprint density at radius 3 is 2.71 bits per heavy atom. The Morgan fingerprint density at radius 2 is 2.12 bits per heavy atom. The second-order valence-electron chi connectivity index (χ2n) is 4.59. The smallest absolute Gasteiger partial charge is 0.141 e. The third-order valence-electron chi connectivity index (χ3n) is 2.75. The molecule has 0 atom stereocenters. The van der Waals surface area contributed by atoms with Gasteiger partial charge in [0.15, 0.2) is 0 Å². The quantitative estimate of drug-likeness (QED) is 0.808. The van der Waals surface area contributed by atoms with E-state index in [4.69, 9.17) is 4.74 Å². The summed E-state index contributed by atoms with van der Waals surface area (Å²) in [5.41, 5.74) is 0.119. The third kappa shape index (κ3) is 5.04. The summed E-state index contributed by atoms with van der Waals surface area (Å²) in [5, 5.41) is 3.38. The van der Waals surface area contributed by atoms with Crippen LogP contribution in [-0.4, -0.2) is 18.7 Å². The third-order valence-corrected chi connectivity index (χ3v) is 3.39. The Hall–Kier alpha value is -0.610. The summed E-state index contributed by atoms with van der Waals surface area (Å²) in [6.07, 6.45) is 1.06. The first-order valence-electron chi connectivity index (χ1n) is 5.77. The van der Waals surface area contributed by atoms with Crippen molar-refractivity contribution >= 4 is 15.9 Å². The Labute approximate surface area is 111 Å². The number of hydrogen-bond donors (Lipinski definition) is 1. The summed E-state index contributed by atoms with van der Waals surface area (Å²) < 4.78 is 19.1. The van der Waals surface area contributed by atoms with Gasteiger partial charge in [0.1, 0.15) is 18.2 Å². The van der Waals surface area contributed by atoms with E-state index < -0.39 is 0 Å². The van der Waals surface area contributed by atoms with Crippen molar-refractivity contribution in [2.45, 2.75) is 32.7 Å². The van der Waals surface area contributed by atoms with Crippen molar-refractivity contribution in [2.75, 3.05) is 13.2 Å². The molecular weight excluding hydrogens is 285 g/mol. The summed E-state index contributed by atoms with van der Waals surface area (Å²) in [6.45, 7) is 7.71. The number of benzene rings is 1. The highest BCUT2D eigenvalue weighted by molar-refractivity contribution is 9.10. The SMILES string of the molecule is CCC(C)(C)NCCOc1ccc(Br)c(F)c1. The molecule has 4 heteroatoms. The number of rotatable bonds is 6. The second kappa shape index (κ2) is 6.36. The molecule has 0 radical (unpaired) electrons. The maximum atomic E-state index is 13.2. The Kier molecular flexibility index (Phi) is 5.40. The van der Waals surface area contributed by atoms with Crippen LogP contribution in [0, 0.1) is 5.82 Å². The Bertz CT molecular complexity index is 368. The molecule has 1 N–H and O–H groups in total. The lowest BCUT2D eigenvalue weighted by Gasteiger charge is -2.24. The molecule has 96 valence electrons. The van der Waals surface area contributed by atoms with Gasteiger partial charge in [-0.3, -0.25) is 0 Å². The molecule has 1 aromatic rings. The van der Waals surface area contributed by atoms with Crippen molar-refractivity contribution in [3.63, 3.8) is 0 Å². The van der Waals surface area contributed by atoms with Crippen molar-refractivity contribution in [1.29, 1.82) is 0 Å². The molecule has 0 bridgehead atoms. The highest BCUT2D eigenvalue weighted by Crippen LogP contribution is 2.20. The van der Waals surface area contributed by atoms with Crippen LogP contribution in [0.25, 0.3) is 0 Å². The summed E-state index contributed by atoms with van der Waals surface area (Å²) in [6, 6.07) is 4.78. The minimum atomic E-state index is -0.302. The fourth-order valence-corrected chi connectivity index (χ4v) is 1.50. The van der Waals surface area contributed by atoms with Crippen LogP contribution in [0.1, 0.15) is 27.2 Å². The average Bonchev–Trinajstić information content (AvgIpc) is 2.29. The van der Waals surface area contributed by atoms with Gasteiger partial charge in [0.2, 0.25) is 0 Å². The average molecular weight is 304 g/mol. The first kappa shape index (κ1) is 14.5. The molecular formula is C13H19BrFNO. The number of hydrogen-bond acceptors (Lipinski definition) is 2. The standard InChI is InChI=1S/C13H19BrFNO/c1-4-13(2,3)16-7-8-17-10-5-6-11(14)12(15)9-10/h5-6,9,16H,4,7-8H2,1-3H3. The first-order valence-corrected chi connectivity index (χ1v) is 6.57. The summed E-state index contributed by atoms with van der Waals surface area (Å²) >= 11 is 3.10. The van der Waals surface area contributed by atoms with E-state index in [-0.39, 0.29) is 11.4 Å². The molecule has 0 unspecified atom stereocenters. The molecule has 17 heavy (non-hydrogen) atoms. The van der Waals surface area contributed by atoms with Gasteiger partial charge in [-0.05, 0) is 48.3 Å². The molecule has 0 saturated heterocycles.